The van der Waals surface area contributed by atoms with Gasteiger partial charge >= 0.3 is 0 Å². The quantitative estimate of drug-likeness (QED) is 0.587. The summed E-state index contributed by atoms with van der Waals surface area (Å²) in [6, 6.07) is 11.1. The average molecular weight is 441 g/mol. The fraction of sp³-hybridized carbons (Fsp3) is 0.350. The van der Waals surface area contributed by atoms with Crippen molar-refractivity contribution < 1.29 is 22.7 Å². The number of hydrogen-bond acceptors (Lipinski definition) is 5. The Morgan fingerprint density at radius 1 is 1.10 bits per heavy atom. The Morgan fingerprint density at radius 2 is 1.79 bits per heavy atom. The highest BCUT2D eigenvalue weighted by molar-refractivity contribution is 7.89. The number of rotatable bonds is 10. The zero-order valence-electron chi connectivity index (χ0n) is 16.6. The number of anilines is 1. The van der Waals surface area contributed by atoms with Crippen molar-refractivity contribution in [1.82, 2.24) is 4.72 Å². The monoisotopic (exact) mass is 440 g/mol. The van der Waals surface area contributed by atoms with Crippen LogP contribution in [-0.4, -0.2) is 34.1 Å². The summed E-state index contributed by atoms with van der Waals surface area (Å²) in [4.78, 5) is 12.1. The molecule has 0 saturated heterocycles. The largest absolute Gasteiger partial charge is 0.494 e. The number of sulfonamides is 1. The Balaban J connectivity index is 1.94. The second kappa shape index (κ2) is 10.5. The molecule has 0 fully saturated rings. The lowest BCUT2D eigenvalue weighted by atomic mass is 10.2. The van der Waals surface area contributed by atoms with Gasteiger partial charge in [0.15, 0.2) is 6.61 Å². The van der Waals surface area contributed by atoms with Crippen molar-refractivity contribution in [3.63, 3.8) is 0 Å². The topological polar surface area (TPSA) is 93.7 Å². The summed E-state index contributed by atoms with van der Waals surface area (Å²) in [5.41, 5.74) is 0.603. The van der Waals surface area contributed by atoms with Crippen molar-refractivity contribution in [1.29, 1.82) is 0 Å². The van der Waals surface area contributed by atoms with E-state index in [-0.39, 0.29) is 34.1 Å². The predicted molar refractivity (Wildman–Crippen MR) is 113 cm³/mol. The maximum Gasteiger partial charge on any atom is 0.262 e. The first-order chi connectivity index (χ1) is 13.7. The summed E-state index contributed by atoms with van der Waals surface area (Å²) in [6.07, 6.45) is 0. The molecule has 0 spiro atoms. The van der Waals surface area contributed by atoms with E-state index in [1.54, 1.807) is 24.3 Å². The van der Waals surface area contributed by atoms with Crippen LogP contribution >= 0.6 is 11.6 Å². The summed E-state index contributed by atoms with van der Waals surface area (Å²) in [5, 5.41) is 2.80. The van der Waals surface area contributed by atoms with E-state index in [0.29, 0.717) is 24.6 Å². The van der Waals surface area contributed by atoms with Gasteiger partial charge < -0.3 is 14.8 Å². The van der Waals surface area contributed by atoms with Gasteiger partial charge in [0.05, 0.1) is 16.5 Å². The van der Waals surface area contributed by atoms with Gasteiger partial charge in [-0.3, -0.25) is 4.79 Å². The Morgan fingerprint density at radius 3 is 2.38 bits per heavy atom. The molecule has 0 atom stereocenters. The summed E-state index contributed by atoms with van der Waals surface area (Å²) < 4.78 is 37.8. The van der Waals surface area contributed by atoms with Gasteiger partial charge in [-0.25, -0.2) is 13.1 Å². The minimum Gasteiger partial charge on any atom is -0.494 e. The van der Waals surface area contributed by atoms with Crippen molar-refractivity contribution in [3.05, 3.63) is 47.5 Å². The highest BCUT2D eigenvalue weighted by Crippen LogP contribution is 2.27. The predicted octanol–water partition coefficient (Wildman–Crippen LogP) is 3.69. The second-order valence-electron chi connectivity index (χ2n) is 6.63. The molecule has 0 aromatic heterocycles. The number of amides is 1. The van der Waals surface area contributed by atoms with E-state index in [1.807, 2.05) is 20.8 Å². The zero-order chi connectivity index (χ0) is 21.4. The molecule has 2 aromatic rings. The molecule has 0 aliphatic carbocycles. The average Bonchev–Trinajstić information content (AvgIpc) is 2.67. The number of carbonyl (C=O) groups is 1. The molecule has 0 unspecified atom stereocenters. The first kappa shape index (κ1) is 23.0. The number of carbonyl (C=O) groups excluding carboxylic acids is 1. The van der Waals surface area contributed by atoms with Gasteiger partial charge in [-0.05, 0) is 55.3 Å². The lowest BCUT2D eigenvalue weighted by molar-refractivity contribution is -0.118. The fourth-order valence-electron chi connectivity index (χ4n) is 2.27. The third-order valence-electron chi connectivity index (χ3n) is 3.70. The molecular weight excluding hydrogens is 416 g/mol. The first-order valence-corrected chi connectivity index (χ1v) is 11.0. The van der Waals surface area contributed by atoms with Crippen LogP contribution in [-0.2, 0) is 14.8 Å². The van der Waals surface area contributed by atoms with Crippen LogP contribution in [0.25, 0.3) is 0 Å². The van der Waals surface area contributed by atoms with E-state index < -0.39 is 10.0 Å². The van der Waals surface area contributed by atoms with Gasteiger partial charge in [0.25, 0.3) is 5.91 Å². The summed E-state index contributed by atoms with van der Waals surface area (Å²) in [5.74, 6) is 0.736. The van der Waals surface area contributed by atoms with Gasteiger partial charge in [-0.15, -0.1) is 0 Å². The van der Waals surface area contributed by atoms with Crippen LogP contribution in [0.3, 0.4) is 0 Å². The van der Waals surface area contributed by atoms with Gasteiger partial charge in [-0.2, -0.15) is 0 Å². The SMILES string of the molecule is CCOc1ccc(NC(=O)COc2ccc(S(=O)(=O)NCC(C)C)cc2Cl)cc1. The van der Waals surface area contributed by atoms with Crippen LogP contribution in [0.4, 0.5) is 5.69 Å². The van der Waals surface area contributed by atoms with Crippen LogP contribution in [0.2, 0.25) is 5.02 Å². The normalized spacial score (nSPS) is 11.3. The van der Waals surface area contributed by atoms with Gasteiger partial charge in [0.2, 0.25) is 10.0 Å². The summed E-state index contributed by atoms with van der Waals surface area (Å²) >= 11 is 6.13. The molecular formula is C20H25ClN2O5S. The van der Waals surface area contributed by atoms with Crippen molar-refractivity contribution in [2.45, 2.75) is 25.7 Å². The van der Waals surface area contributed by atoms with E-state index in [9.17, 15) is 13.2 Å². The molecule has 2 rings (SSSR count). The standard InChI is InChI=1S/C20H25ClN2O5S/c1-4-27-16-7-5-15(6-8-16)23-20(24)13-28-19-10-9-17(11-18(19)21)29(25,26)22-12-14(2)3/h5-11,14,22H,4,12-13H2,1-3H3,(H,23,24). The maximum atomic E-state index is 12.3. The summed E-state index contributed by atoms with van der Waals surface area (Å²) in [7, 11) is -3.65. The van der Waals surface area contributed by atoms with Crippen molar-refractivity contribution in [2.24, 2.45) is 5.92 Å². The van der Waals surface area contributed by atoms with Crippen molar-refractivity contribution in [3.8, 4) is 11.5 Å². The molecule has 0 bridgehead atoms. The number of hydrogen-bond donors (Lipinski definition) is 2. The molecule has 2 N–H and O–H groups in total. The van der Waals surface area contributed by atoms with Crippen LogP contribution < -0.4 is 19.5 Å². The Kier molecular flexibility index (Phi) is 8.31. The zero-order valence-corrected chi connectivity index (χ0v) is 18.1. The molecule has 9 heteroatoms. The van der Waals surface area contributed by atoms with Crippen LogP contribution in [0.15, 0.2) is 47.4 Å². The third kappa shape index (κ3) is 7.23. The van der Waals surface area contributed by atoms with E-state index >= 15 is 0 Å². The molecule has 7 nitrogen and oxygen atoms in total. The molecule has 0 aliphatic rings. The molecule has 0 radical (unpaired) electrons. The van der Waals surface area contributed by atoms with E-state index in [2.05, 4.69) is 10.0 Å². The van der Waals surface area contributed by atoms with Gasteiger partial charge in [0.1, 0.15) is 11.5 Å². The minimum atomic E-state index is -3.65. The number of benzene rings is 2. The van der Waals surface area contributed by atoms with Crippen molar-refractivity contribution >= 4 is 33.2 Å². The van der Waals surface area contributed by atoms with Crippen LogP contribution in [0.5, 0.6) is 11.5 Å². The molecule has 29 heavy (non-hydrogen) atoms. The van der Waals surface area contributed by atoms with E-state index in [0.717, 1.165) is 0 Å². The summed E-state index contributed by atoms with van der Waals surface area (Å²) in [6.45, 7) is 6.32. The molecule has 1 amide bonds. The Hall–Kier alpha value is -2.29. The second-order valence-corrected chi connectivity index (χ2v) is 8.81. The van der Waals surface area contributed by atoms with Crippen LogP contribution in [0.1, 0.15) is 20.8 Å². The number of ether oxygens (including phenoxy) is 2. The smallest absolute Gasteiger partial charge is 0.262 e. The van der Waals surface area contributed by atoms with Crippen molar-refractivity contribution in [2.75, 3.05) is 25.1 Å². The van der Waals surface area contributed by atoms with Gasteiger partial charge in [0, 0.05) is 12.2 Å². The highest BCUT2D eigenvalue weighted by atomic mass is 35.5. The highest BCUT2D eigenvalue weighted by Gasteiger charge is 2.17. The maximum absolute atomic E-state index is 12.3. The molecule has 0 heterocycles. The van der Waals surface area contributed by atoms with Crippen LogP contribution in [0, 0.1) is 5.92 Å². The fourth-order valence-corrected chi connectivity index (χ4v) is 3.81. The number of halogens is 1. The van der Waals surface area contributed by atoms with E-state index in [4.69, 9.17) is 21.1 Å². The molecule has 158 valence electrons. The van der Waals surface area contributed by atoms with E-state index in [1.165, 1.54) is 18.2 Å². The number of nitrogens with one attached hydrogen (secondary N) is 2. The minimum absolute atomic E-state index is 0.0364. The first-order valence-electron chi connectivity index (χ1n) is 9.16. The molecule has 0 aliphatic heterocycles. The lowest BCUT2D eigenvalue weighted by Gasteiger charge is -2.12. The lowest BCUT2D eigenvalue weighted by Crippen LogP contribution is -2.27. The van der Waals surface area contributed by atoms with Gasteiger partial charge in [-0.1, -0.05) is 25.4 Å². The molecule has 0 saturated carbocycles. The molecule has 2 aromatic carbocycles. The Bertz CT molecular complexity index is 930. The Labute approximate surface area is 176 Å². The third-order valence-corrected chi connectivity index (χ3v) is 5.42.